The molecule has 0 amide bonds. The Bertz CT molecular complexity index is 128. The number of rotatable bonds is 0. The molecule has 1 radical (unpaired) electrons. The average molecular weight is 81.1 g/mol. The number of fused-ring (bicyclic) bond motifs is 1. The number of hydrogen-bond acceptors (Lipinski definition) is 1. The van der Waals surface area contributed by atoms with Crippen molar-refractivity contribution in [2.45, 2.75) is 12.5 Å². The van der Waals surface area contributed by atoms with E-state index in [2.05, 4.69) is 6.58 Å². The van der Waals surface area contributed by atoms with Crippen LogP contribution in [0.4, 0.5) is 0 Å². The SMILES string of the molecule is C=C1[C]2OC21C. The summed E-state index contributed by atoms with van der Waals surface area (Å²) in [5, 5.41) is 0. The van der Waals surface area contributed by atoms with Crippen molar-refractivity contribution in [2.24, 2.45) is 0 Å². The van der Waals surface area contributed by atoms with Gasteiger partial charge in [0.25, 0.3) is 0 Å². The predicted molar refractivity (Wildman–Crippen MR) is 21.9 cm³/mol. The second kappa shape index (κ2) is 0.399. The van der Waals surface area contributed by atoms with Crippen LogP contribution < -0.4 is 0 Å². The lowest BCUT2D eigenvalue weighted by Gasteiger charge is -1.85. The van der Waals surface area contributed by atoms with E-state index in [4.69, 9.17) is 4.74 Å². The highest BCUT2D eigenvalue weighted by Gasteiger charge is 2.75. The van der Waals surface area contributed by atoms with Crippen LogP contribution in [0.1, 0.15) is 6.92 Å². The van der Waals surface area contributed by atoms with E-state index in [-0.39, 0.29) is 5.60 Å². The molecule has 1 saturated heterocycles. The molecule has 2 rings (SSSR count). The quantitative estimate of drug-likeness (QED) is 0.394. The third-order valence-electron chi connectivity index (χ3n) is 1.49. The molecule has 0 aromatic carbocycles. The van der Waals surface area contributed by atoms with Gasteiger partial charge in [-0.25, -0.2) is 0 Å². The lowest BCUT2D eigenvalue weighted by Crippen LogP contribution is -1.85. The van der Waals surface area contributed by atoms with Crippen LogP contribution in [0.5, 0.6) is 0 Å². The van der Waals surface area contributed by atoms with Crippen molar-refractivity contribution >= 4 is 0 Å². The molecule has 2 fully saturated rings. The van der Waals surface area contributed by atoms with Crippen LogP contribution in [0.3, 0.4) is 0 Å². The van der Waals surface area contributed by atoms with Gasteiger partial charge in [-0.15, -0.1) is 0 Å². The molecule has 0 aromatic rings. The zero-order valence-electron chi connectivity index (χ0n) is 3.62. The molecular weight excluding hydrogens is 76.1 g/mol. The number of ether oxygens (including phenoxy) is 1. The van der Waals surface area contributed by atoms with E-state index in [9.17, 15) is 0 Å². The van der Waals surface area contributed by atoms with E-state index in [0.717, 1.165) is 6.10 Å². The number of hydrogen-bond donors (Lipinski definition) is 0. The fraction of sp³-hybridized carbons (Fsp3) is 0.400. The Labute approximate surface area is 36.6 Å². The predicted octanol–water partition coefficient (Wildman–Crippen LogP) is 0.877. The largest absolute Gasteiger partial charge is 0.349 e. The molecule has 1 atom stereocenters. The molecule has 1 aliphatic carbocycles. The summed E-state index contributed by atoms with van der Waals surface area (Å²) >= 11 is 0. The van der Waals surface area contributed by atoms with Gasteiger partial charge in [0.2, 0.25) is 0 Å². The molecule has 2 aliphatic rings. The van der Waals surface area contributed by atoms with Crippen molar-refractivity contribution in [2.75, 3.05) is 0 Å². The molecule has 1 saturated carbocycles. The third-order valence-corrected chi connectivity index (χ3v) is 1.49. The van der Waals surface area contributed by atoms with Gasteiger partial charge in [0.1, 0.15) is 5.60 Å². The molecule has 1 aliphatic heterocycles. The van der Waals surface area contributed by atoms with Crippen molar-refractivity contribution in [3.8, 4) is 0 Å². The minimum Gasteiger partial charge on any atom is -0.349 e. The molecule has 0 aromatic heterocycles. The maximum atomic E-state index is 4.92. The first-order valence-corrected chi connectivity index (χ1v) is 2.01. The second-order valence-electron chi connectivity index (χ2n) is 1.94. The molecule has 1 heteroatoms. The lowest BCUT2D eigenvalue weighted by atomic mass is 10.4. The molecular formula is C5H5O. The molecule has 0 bridgehead atoms. The van der Waals surface area contributed by atoms with Crippen molar-refractivity contribution in [1.82, 2.24) is 0 Å². The van der Waals surface area contributed by atoms with Crippen LogP contribution in [0.25, 0.3) is 0 Å². The van der Waals surface area contributed by atoms with Gasteiger partial charge < -0.3 is 4.74 Å². The first-order valence-electron chi connectivity index (χ1n) is 2.01. The van der Waals surface area contributed by atoms with E-state index in [1.165, 1.54) is 5.57 Å². The maximum Gasteiger partial charge on any atom is 0.162 e. The smallest absolute Gasteiger partial charge is 0.162 e. The third kappa shape index (κ3) is 0.0967. The van der Waals surface area contributed by atoms with Gasteiger partial charge in [0.05, 0.1) is 0 Å². The van der Waals surface area contributed by atoms with Gasteiger partial charge in [0.15, 0.2) is 6.10 Å². The Morgan fingerprint density at radius 3 is 2.17 bits per heavy atom. The van der Waals surface area contributed by atoms with Crippen LogP contribution in [0, 0.1) is 6.10 Å². The topological polar surface area (TPSA) is 12.5 Å². The first kappa shape index (κ1) is 2.80. The van der Waals surface area contributed by atoms with Crippen molar-refractivity contribution in [1.29, 1.82) is 0 Å². The summed E-state index contributed by atoms with van der Waals surface area (Å²) in [6.45, 7) is 5.74. The Morgan fingerprint density at radius 1 is 1.83 bits per heavy atom. The van der Waals surface area contributed by atoms with Gasteiger partial charge in [-0.3, -0.25) is 0 Å². The highest BCUT2D eigenvalue weighted by molar-refractivity contribution is 5.64. The van der Waals surface area contributed by atoms with Crippen LogP contribution in [0.15, 0.2) is 12.2 Å². The molecule has 0 spiro atoms. The molecule has 1 nitrogen and oxygen atoms in total. The summed E-state index contributed by atoms with van der Waals surface area (Å²) in [4.78, 5) is 0. The van der Waals surface area contributed by atoms with Gasteiger partial charge in [0, 0.05) is 0 Å². The zero-order chi connectivity index (χ0) is 4.36. The Kier molecular flexibility index (Phi) is 0.186. The summed E-state index contributed by atoms with van der Waals surface area (Å²) in [5.41, 5.74) is 1.29. The average Bonchev–Trinajstić information content (AvgIpc) is 2.24. The standard InChI is InChI=1S/C5H5O/c1-3-4-5(3,2)6-4/h1H2,2H3. The second-order valence-corrected chi connectivity index (χ2v) is 1.94. The Balaban J connectivity index is 2.43. The van der Waals surface area contributed by atoms with E-state index in [0.29, 0.717) is 0 Å². The van der Waals surface area contributed by atoms with Gasteiger partial charge in [-0.1, -0.05) is 6.58 Å². The van der Waals surface area contributed by atoms with Crippen molar-refractivity contribution in [3.63, 3.8) is 0 Å². The molecule has 6 heavy (non-hydrogen) atoms. The molecule has 1 unspecified atom stereocenters. The van der Waals surface area contributed by atoms with E-state index in [1.54, 1.807) is 0 Å². The normalized spacial score (nSPS) is 51.8. The van der Waals surface area contributed by atoms with Gasteiger partial charge >= 0.3 is 0 Å². The highest BCUT2D eigenvalue weighted by atomic mass is 16.6. The van der Waals surface area contributed by atoms with Crippen molar-refractivity contribution in [3.05, 3.63) is 18.3 Å². The Morgan fingerprint density at radius 2 is 2.17 bits per heavy atom. The monoisotopic (exact) mass is 81.0 g/mol. The van der Waals surface area contributed by atoms with E-state index >= 15 is 0 Å². The zero-order valence-corrected chi connectivity index (χ0v) is 3.62. The van der Waals surface area contributed by atoms with Crippen molar-refractivity contribution < 1.29 is 4.74 Å². The molecule has 0 N–H and O–H groups in total. The summed E-state index contributed by atoms with van der Waals surface area (Å²) in [7, 11) is 0. The Hall–Kier alpha value is -0.300. The van der Waals surface area contributed by atoms with Crippen LogP contribution in [0.2, 0.25) is 0 Å². The first-order chi connectivity index (χ1) is 2.75. The fourth-order valence-electron chi connectivity index (χ4n) is 0.646. The van der Waals surface area contributed by atoms with Crippen LogP contribution in [-0.4, -0.2) is 5.60 Å². The summed E-state index contributed by atoms with van der Waals surface area (Å²) in [6.07, 6.45) is 1.13. The number of epoxide rings is 1. The molecule has 31 valence electrons. The van der Waals surface area contributed by atoms with Crippen LogP contribution in [-0.2, 0) is 4.74 Å². The minimum atomic E-state index is 0.0972. The summed E-state index contributed by atoms with van der Waals surface area (Å²) in [6, 6.07) is 0. The lowest BCUT2D eigenvalue weighted by molar-refractivity contribution is 0.321. The minimum absolute atomic E-state index is 0.0972. The van der Waals surface area contributed by atoms with E-state index < -0.39 is 0 Å². The fourth-order valence-corrected chi connectivity index (χ4v) is 0.646. The highest BCUT2D eigenvalue weighted by Crippen LogP contribution is 2.71. The van der Waals surface area contributed by atoms with Crippen LogP contribution >= 0.6 is 0 Å². The maximum absolute atomic E-state index is 4.92. The van der Waals surface area contributed by atoms with E-state index in [1.807, 2.05) is 6.92 Å². The van der Waals surface area contributed by atoms with Gasteiger partial charge in [-0.2, -0.15) is 0 Å². The molecule has 1 heterocycles. The summed E-state index contributed by atoms with van der Waals surface area (Å²) < 4.78 is 4.92. The van der Waals surface area contributed by atoms with Gasteiger partial charge in [-0.05, 0) is 12.5 Å². The summed E-state index contributed by atoms with van der Waals surface area (Å²) in [5.74, 6) is 0.